The van der Waals surface area contributed by atoms with E-state index in [4.69, 9.17) is 9.52 Å². The molecule has 1 aromatic carbocycles. The maximum atomic E-state index is 13.4. The number of rotatable bonds is 6. The topological polar surface area (TPSA) is 85.3 Å². The first kappa shape index (κ1) is 19.1. The molecule has 3 aromatic heterocycles. The van der Waals surface area contributed by atoms with Gasteiger partial charge in [0.1, 0.15) is 22.2 Å². The Morgan fingerprint density at radius 2 is 2.00 bits per heavy atom. The highest BCUT2D eigenvalue weighted by Crippen LogP contribution is 2.31. The number of halogens is 1. The SMILES string of the molecule is CCCc1nc2scc(-c3ccc(F)cc3)c2c(=O)n1Cc1ccc(C(=O)O)o1. The van der Waals surface area contributed by atoms with Crippen molar-refractivity contribution in [1.82, 2.24) is 9.55 Å². The van der Waals surface area contributed by atoms with Crippen LogP contribution in [0.15, 0.2) is 51.0 Å². The van der Waals surface area contributed by atoms with E-state index in [9.17, 15) is 14.0 Å². The summed E-state index contributed by atoms with van der Waals surface area (Å²) in [6.07, 6.45) is 1.40. The standard InChI is InChI=1S/C21H17FN2O4S/c1-2-3-17-23-19-18(15(11-29-19)12-4-6-13(22)7-5-12)20(25)24(17)10-14-8-9-16(28-14)21(26)27/h4-9,11H,2-3,10H2,1H3,(H,26,27). The zero-order valence-corrected chi connectivity index (χ0v) is 16.3. The van der Waals surface area contributed by atoms with Gasteiger partial charge in [-0.2, -0.15) is 0 Å². The summed E-state index contributed by atoms with van der Waals surface area (Å²) in [5, 5.41) is 11.4. The molecule has 0 amide bonds. The van der Waals surface area contributed by atoms with Gasteiger partial charge in [-0.1, -0.05) is 19.1 Å². The van der Waals surface area contributed by atoms with Crippen LogP contribution < -0.4 is 5.56 Å². The third-order valence-corrected chi connectivity index (χ3v) is 5.46. The molecule has 0 spiro atoms. The van der Waals surface area contributed by atoms with Crippen LogP contribution in [0.4, 0.5) is 4.39 Å². The molecular weight excluding hydrogens is 395 g/mol. The predicted molar refractivity (Wildman–Crippen MR) is 108 cm³/mol. The molecule has 0 aliphatic carbocycles. The Bertz CT molecular complexity index is 1250. The lowest BCUT2D eigenvalue weighted by Gasteiger charge is -2.11. The fourth-order valence-corrected chi connectivity index (χ4v) is 4.18. The molecule has 148 valence electrons. The molecular formula is C21H17FN2O4S. The lowest BCUT2D eigenvalue weighted by molar-refractivity contribution is 0.0660. The number of carbonyl (C=O) groups is 1. The van der Waals surface area contributed by atoms with Crippen molar-refractivity contribution in [2.45, 2.75) is 26.3 Å². The van der Waals surface area contributed by atoms with Crippen LogP contribution in [0.5, 0.6) is 0 Å². The van der Waals surface area contributed by atoms with Crippen LogP contribution in [0.2, 0.25) is 0 Å². The normalized spacial score (nSPS) is 11.2. The lowest BCUT2D eigenvalue weighted by Crippen LogP contribution is -2.25. The van der Waals surface area contributed by atoms with Crippen molar-refractivity contribution in [2.75, 3.05) is 0 Å². The molecule has 3 heterocycles. The number of aromatic carboxylic acids is 1. The van der Waals surface area contributed by atoms with Crippen LogP contribution in [0.3, 0.4) is 0 Å². The van der Waals surface area contributed by atoms with Gasteiger partial charge in [-0.25, -0.2) is 14.2 Å². The zero-order chi connectivity index (χ0) is 20.5. The number of thiophene rings is 1. The molecule has 29 heavy (non-hydrogen) atoms. The number of fused-ring (bicyclic) bond motifs is 1. The van der Waals surface area contributed by atoms with Gasteiger partial charge in [0.15, 0.2) is 0 Å². The number of hydrogen-bond acceptors (Lipinski definition) is 5. The van der Waals surface area contributed by atoms with Crippen LogP contribution >= 0.6 is 11.3 Å². The molecule has 0 bridgehead atoms. The van der Waals surface area contributed by atoms with E-state index >= 15 is 0 Å². The van der Waals surface area contributed by atoms with Gasteiger partial charge in [-0.15, -0.1) is 11.3 Å². The molecule has 0 aliphatic rings. The third kappa shape index (κ3) is 3.58. The highest BCUT2D eigenvalue weighted by atomic mass is 32.1. The largest absolute Gasteiger partial charge is 0.475 e. The van der Waals surface area contributed by atoms with E-state index in [0.29, 0.717) is 33.8 Å². The Morgan fingerprint density at radius 1 is 1.24 bits per heavy atom. The Labute approximate surface area is 168 Å². The van der Waals surface area contributed by atoms with Gasteiger partial charge in [0.05, 0.1) is 11.9 Å². The molecule has 0 fully saturated rings. The minimum absolute atomic E-state index is 0.0864. The highest BCUT2D eigenvalue weighted by Gasteiger charge is 2.18. The van der Waals surface area contributed by atoms with Gasteiger partial charge in [-0.3, -0.25) is 9.36 Å². The first-order valence-corrected chi connectivity index (χ1v) is 9.94. The summed E-state index contributed by atoms with van der Waals surface area (Å²) < 4.78 is 20.2. The van der Waals surface area contributed by atoms with Crippen LogP contribution in [-0.4, -0.2) is 20.6 Å². The Kier molecular flexibility index (Phi) is 5.02. The maximum Gasteiger partial charge on any atom is 0.371 e. The second kappa shape index (κ2) is 7.63. The number of aromatic nitrogens is 2. The Balaban J connectivity index is 1.86. The molecule has 1 N–H and O–H groups in total. The molecule has 0 saturated carbocycles. The van der Waals surface area contributed by atoms with E-state index in [0.717, 1.165) is 12.0 Å². The van der Waals surface area contributed by atoms with E-state index in [1.165, 1.54) is 34.1 Å². The van der Waals surface area contributed by atoms with Crippen LogP contribution in [0.1, 0.15) is 35.5 Å². The van der Waals surface area contributed by atoms with Crippen molar-refractivity contribution in [3.63, 3.8) is 0 Å². The second-order valence-electron chi connectivity index (χ2n) is 6.58. The Morgan fingerprint density at radius 3 is 2.66 bits per heavy atom. The maximum absolute atomic E-state index is 13.4. The van der Waals surface area contributed by atoms with Gasteiger partial charge < -0.3 is 9.52 Å². The first-order chi connectivity index (χ1) is 14.0. The van der Waals surface area contributed by atoms with Crippen molar-refractivity contribution in [1.29, 1.82) is 0 Å². The number of carboxylic acid groups (broad SMARTS) is 1. The monoisotopic (exact) mass is 412 g/mol. The minimum atomic E-state index is -1.16. The average Bonchev–Trinajstić information content (AvgIpc) is 3.33. The summed E-state index contributed by atoms with van der Waals surface area (Å²) in [7, 11) is 0. The molecule has 0 atom stereocenters. The number of nitrogens with zero attached hydrogens (tertiary/aromatic N) is 2. The number of aryl methyl sites for hydroxylation is 1. The summed E-state index contributed by atoms with van der Waals surface area (Å²) >= 11 is 1.37. The van der Waals surface area contributed by atoms with E-state index in [2.05, 4.69) is 4.98 Å². The molecule has 8 heteroatoms. The summed E-state index contributed by atoms with van der Waals surface area (Å²) in [6.45, 7) is 2.08. The minimum Gasteiger partial charge on any atom is -0.475 e. The van der Waals surface area contributed by atoms with E-state index in [1.54, 1.807) is 18.2 Å². The van der Waals surface area contributed by atoms with Gasteiger partial charge in [0.2, 0.25) is 5.76 Å². The lowest BCUT2D eigenvalue weighted by atomic mass is 10.1. The summed E-state index contributed by atoms with van der Waals surface area (Å²) in [6, 6.07) is 8.88. The van der Waals surface area contributed by atoms with Crippen LogP contribution in [0, 0.1) is 5.82 Å². The Hall–Kier alpha value is -3.26. The van der Waals surface area contributed by atoms with Gasteiger partial charge in [-0.05, 0) is 36.2 Å². The summed E-state index contributed by atoms with van der Waals surface area (Å²) in [5.74, 6) is -0.711. The fourth-order valence-electron chi connectivity index (χ4n) is 3.22. The molecule has 0 aliphatic heterocycles. The van der Waals surface area contributed by atoms with Crippen LogP contribution in [0.25, 0.3) is 21.3 Å². The first-order valence-electron chi connectivity index (χ1n) is 9.06. The van der Waals surface area contributed by atoms with Crippen molar-refractivity contribution in [3.8, 4) is 11.1 Å². The molecule has 4 aromatic rings. The number of hydrogen-bond donors (Lipinski definition) is 1. The smallest absolute Gasteiger partial charge is 0.371 e. The molecule has 6 nitrogen and oxygen atoms in total. The molecule has 0 radical (unpaired) electrons. The highest BCUT2D eigenvalue weighted by molar-refractivity contribution is 7.17. The van der Waals surface area contributed by atoms with Crippen molar-refractivity contribution in [3.05, 3.63) is 75.3 Å². The van der Waals surface area contributed by atoms with Gasteiger partial charge in [0, 0.05) is 17.4 Å². The predicted octanol–water partition coefficient (Wildman–Crippen LogP) is 4.56. The van der Waals surface area contributed by atoms with E-state index in [1.807, 2.05) is 12.3 Å². The average molecular weight is 412 g/mol. The number of benzene rings is 1. The van der Waals surface area contributed by atoms with Gasteiger partial charge >= 0.3 is 5.97 Å². The van der Waals surface area contributed by atoms with Gasteiger partial charge in [0.25, 0.3) is 5.56 Å². The van der Waals surface area contributed by atoms with Crippen LogP contribution in [-0.2, 0) is 13.0 Å². The zero-order valence-electron chi connectivity index (χ0n) is 15.5. The third-order valence-electron chi connectivity index (χ3n) is 4.59. The summed E-state index contributed by atoms with van der Waals surface area (Å²) in [4.78, 5) is 29.8. The molecule has 0 unspecified atom stereocenters. The summed E-state index contributed by atoms with van der Waals surface area (Å²) in [5.41, 5.74) is 1.20. The molecule has 0 saturated heterocycles. The van der Waals surface area contributed by atoms with Crippen molar-refractivity contribution >= 4 is 27.5 Å². The number of furan rings is 1. The molecule has 4 rings (SSSR count). The van der Waals surface area contributed by atoms with E-state index in [-0.39, 0.29) is 23.7 Å². The quantitative estimate of drug-likeness (QED) is 0.502. The van der Waals surface area contributed by atoms with Crippen molar-refractivity contribution in [2.24, 2.45) is 0 Å². The fraction of sp³-hybridized carbons (Fsp3) is 0.190. The van der Waals surface area contributed by atoms with Crippen molar-refractivity contribution < 1.29 is 18.7 Å². The second-order valence-corrected chi connectivity index (χ2v) is 7.43. The van der Waals surface area contributed by atoms with E-state index < -0.39 is 5.97 Å². The number of carboxylic acids is 1.